The van der Waals surface area contributed by atoms with Gasteiger partial charge in [-0.1, -0.05) is 140 Å². The number of nitrogens with zero attached hydrogens (tertiary/aromatic N) is 1. The molecule has 0 aliphatic rings. The lowest BCUT2D eigenvalue weighted by Gasteiger charge is -2.24. The van der Waals surface area contributed by atoms with Crippen molar-refractivity contribution in [3.8, 4) is 0 Å². The quantitative estimate of drug-likeness (QED) is 0.0221. The molecule has 0 radical (unpaired) electrons. The van der Waals surface area contributed by atoms with Crippen LogP contribution < -0.4 is 0 Å². The van der Waals surface area contributed by atoms with Crippen molar-refractivity contribution in [3.05, 3.63) is 48.6 Å². The molecule has 0 heterocycles. The molecule has 0 aromatic carbocycles. The average Bonchev–Trinajstić information content (AvgIpc) is 3.09. The molecule has 1 N–H and O–H groups in total. The largest absolute Gasteiger partial charge is 0.472 e. The summed E-state index contributed by atoms with van der Waals surface area (Å²) in [6, 6.07) is 0. The minimum Gasteiger partial charge on any atom is -0.462 e. The van der Waals surface area contributed by atoms with Crippen LogP contribution in [0, 0.1) is 0 Å². The van der Waals surface area contributed by atoms with E-state index in [0.29, 0.717) is 17.4 Å². The number of likely N-dealkylation sites (N-methyl/N-ethyl adjacent to an activating group) is 1. The molecule has 52 heavy (non-hydrogen) atoms. The minimum atomic E-state index is -4.38. The van der Waals surface area contributed by atoms with Crippen molar-refractivity contribution in [1.82, 2.24) is 0 Å². The Bertz CT molecular complexity index is 1030. The Hall–Kier alpha value is -2.03. The third-order valence-electron chi connectivity index (χ3n) is 8.37. The third kappa shape index (κ3) is 37.7. The van der Waals surface area contributed by atoms with Crippen LogP contribution >= 0.6 is 7.82 Å². The highest BCUT2D eigenvalue weighted by atomic mass is 31.2. The fraction of sp³-hybridized carbons (Fsp3) is 0.762. The Morgan fingerprint density at radius 3 is 1.63 bits per heavy atom. The van der Waals surface area contributed by atoms with Crippen molar-refractivity contribution in [2.45, 2.75) is 161 Å². The summed E-state index contributed by atoms with van der Waals surface area (Å²) in [4.78, 5) is 35.2. The number of hydrogen-bond acceptors (Lipinski definition) is 7. The zero-order valence-corrected chi connectivity index (χ0v) is 34.7. The van der Waals surface area contributed by atoms with Crippen LogP contribution in [-0.2, 0) is 32.7 Å². The highest BCUT2D eigenvalue weighted by Crippen LogP contribution is 2.43. The number of rotatable bonds is 36. The Morgan fingerprint density at radius 2 is 1.10 bits per heavy atom. The summed E-state index contributed by atoms with van der Waals surface area (Å²) in [6.45, 7) is 4.25. The molecule has 0 saturated heterocycles. The summed E-state index contributed by atoms with van der Waals surface area (Å²) in [5, 5.41) is 0. The van der Waals surface area contributed by atoms with Gasteiger partial charge in [-0.15, -0.1) is 0 Å². The van der Waals surface area contributed by atoms with E-state index in [1.54, 1.807) is 0 Å². The van der Waals surface area contributed by atoms with Crippen LogP contribution in [0.4, 0.5) is 0 Å². The number of quaternary nitrogens is 1. The van der Waals surface area contributed by atoms with Crippen molar-refractivity contribution >= 4 is 19.8 Å². The lowest BCUT2D eigenvalue weighted by atomic mass is 10.1. The van der Waals surface area contributed by atoms with Gasteiger partial charge in [0.1, 0.15) is 19.8 Å². The van der Waals surface area contributed by atoms with Gasteiger partial charge in [0.15, 0.2) is 6.10 Å². The number of carbonyl (C=O) groups excluding carboxylic acids is 2. The van der Waals surface area contributed by atoms with E-state index in [0.717, 1.165) is 70.6 Å². The Balaban J connectivity index is 4.45. The summed E-state index contributed by atoms with van der Waals surface area (Å²) in [7, 11) is 1.45. The Kier molecular flexibility index (Phi) is 33.4. The maximum Gasteiger partial charge on any atom is 0.472 e. The van der Waals surface area contributed by atoms with E-state index in [-0.39, 0.29) is 32.0 Å². The van der Waals surface area contributed by atoms with Crippen molar-refractivity contribution in [1.29, 1.82) is 0 Å². The van der Waals surface area contributed by atoms with Crippen LogP contribution in [-0.4, -0.2) is 74.9 Å². The van der Waals surface area contributed by atoms with Crippen LogP contribution in [0.2, 0.25) is 0 Å². The van der Waals surface area contributed by atoms with Crippen molar-refractivity contribution in [2.24, 2.45) is 0 Å². The number of ether oxygens (including phenoxy) is 2. The normalized spacial score (nSPS) is 14.2. The number of allylic oxidation sites excluding steroid dienone is 8. The fourth-order valence-electron chi connectivity index (χ4n) is 5.18. The first-order valence-corrected chi connectivity index (χ1v) is 21.9. The molecule has 302 valence electrons. The lowest BCUT2D eigenvalue weighted by Crippen LogP contribution is -2.37. The highest BCUT2D eigenvalue weighted by Gasteiger charge is 2.27. The second-order valence-corrected chi connectivity index (χ2v) is 16.1. The Labute approximate surface area is 318 Å². The zero-order chi connectivity index (χ0) is 38.6. The predicted molar refractivity (Wildman–Crippen MR) is 215 cm³/mol. The first kappa shape index (κ1) is 50.0. The van der Waals surface area contributed by atoms with Gasteiger partial charge in [-0.3, -0.25) is 18.6 Å². The lowest BCUT2D eigenvalue weighted by molar-refractivity contribution is -0.870. The topological polar surface area (TPSA) is 108 Å². The molecule has 0 saturated carbocycles. The highest BCUT2D eigenvalue weighted by molar-refractivity contribution is 7.47. The average molecular weight is 755 g/mol. The monoisotopic (exact) mass is 755 g/mol. The number of carbonyl (C=O) groups is 2. The fourth-order valence-corrected chi connectivity index (χ4v) is 5.92. The van der Waals surface area contributed by atoms with Gasteiger partial charge in [0.25, 0.3) is 0 Å². The number of hydrogen-bond donors (Lipinski definition) is 1. The molecule has 0 amide bonds. The van der Waals surface area contributed by atoms with Gasteiger partial charge >= 0.3 is 19.8 Å². The first-order chi connectivity index (χ1) is 25.0. The van der Waals surface area contributed by atoms with Gasteiger partial charge in [0.2, 0.25) is 0 Å². The van der Waals surface area contributed by atoms with Crippen molar-refractivity contribution in [2.75, 3.05) is 47.5 Å². The molecule has 10 heteroatoms. The molecule has 1 unspecified atom stereocenters. The summed E-state index contributed by atoms with van der Waals surface area (Å²) in [6.07, 6.45) is 38.7. The van der Waals surface area contributed by atoms with Crippen LogP contribution in [0.15, 0.2) is 48.6 Å². The van der Waals surface area contributed by atoms with E-state index in [2.05, 4.69) is 62.5 Å². The second kappa shape index (κ2) is 34.7. The van der Waals surface area contributed by atoms with E-state index < -0.39 is 26.5 Å². The number of phosphoric acid groups is 1. The SMILES string of the molecule is CC/C=C\C/C=C\C/C=C\C/C=C\CCCCCCC(=O)O[C@H](COC(=O)CCCCCCCCCCCCC)COP(=O)(O)OCC[N+](C)(C)C. The molecule has 0 aromatic rings. The molecule has 9 nitrogen and oxygen atoms in total. The molecule has 0 bridgehead atoms. The maximum atomic E-state index is 12.6. The van der Waals surface area contributed by atoms with E-state index >= 15 is 0 Å². The van der Waals surface area contributed by atoms with E-state index in [1.165, 1.54) is 51.4 Å². The number of unbranched alkanes of at least 4 members (excludes halogenated alkanes) is 14. The summed E-state index contributed by atoms with van der Waals surface area (Å²) >= 11 is 0. The summed E-state index contributed by atoms with van der Waals surface area (Å²) < 4.78 is 34.2. The summed E-state index contributed by atoms with van der Waals surface area (Å²) in [5.74, 6) is -0.829. The minimum absolute atomic E-state index is 0.0258. The van der Waals surface area contributed by atoms with Crippen LogP contribution in [0.3, 0.4) is 0 Å². The van der Waals surface area contributed by atoms with Gasteiger partial charge in [-0.05, 0) is 51.4 Å². The molecule has 0 aliphatic heterocycles. The second-order valence-electron chi connectivity index (χ2n) is 14.6. The Morgan fingerprint density at radius 1 is 0.615 bits per heavy atom. The third-order valence-corrected chi connectivity index (χ3v) is 9.36. The van der Waals surface area contributed by atoms with E-state index in [4.69, 9.17) is 18.5 Å². The summed E-state index contributed by atoms with van der Waals surface area (Å²) in [5.41, 5.74) is 0. The van der Waals surface area contributed by atoms with Crippen molar-refractivity contribution < 1.29 is 42.1 Å². The standard InChI is InChI=1S/C42H76NO8P/c1-6-8-10-12-14-16-18-19-20-21-22-23-25-27-29-31-33-35-42(45)51-40(39-50-52(46,47)49-37-36-43(3,4)5)38-48-41(44)34-32-30-28-26-24-17-15-13-11-9-7-2/h8,10,14,16,19-20,22-23,40H,6-7,9,11-13,15,17-18,21,24-39H2,1-5H3/p+1/b10-8-,16-14-,20-19-,23-22-/t40-/m1/s1. The number of esters is 2. The maximum absolute atomic E-state index is 12.6. The van der Waals surface area contributed by atoms with Gasteiger partial charge in [0.05, 0.1) is 27.7 Å². The molecular weight excluding hydrogens is 677 g/mol. The van der Waals surface area contributed by atoms with Gasteiger partial charge in [0, 0.05) is 12.8 Å². The van der Waals surface area contributed by atoms with Crippen LogP contribution in [0.25, 0.3) is 0 Å². The van der Waals surface area contributed by atoms with Gasteiger partial charge in [-0.2, -0.15) is 0 Å². The predicted octanol–water partition coefficient (Wildman–Crippen LogP) is 11.1. The molecule has 0 rings (SSSR count). The van der Waals surface area contributed by atoms with Gasteiger partial charge < -0.3 is 18.9 Å². The molecule has 0 aromatic heterocycles. The van der Waals surface area contributed by atoms with E-state index in [1.807, 2.05) is 21.1 Å². The molecular formula is C42H77NO8P+. The molecule has 0 fully saturated rings. The zero-order valence-electron chi connectivity index (χ0n) is 33.8. The molecule has 0 aliphatic carbocycles. The number of phosphoric ester groups is 1. The molecule has 0 spiro atoms. The smallest absolute Gasteiger partial charge is 0.462 e. The van der Waals surface area contributed by atoms with Crippen molar-refractivity contribution in [3.63, 3.8) is 0 Å². The molecule has 2 atom stereocenters. The van der Waals surface area contributed by atoms with Crippen LogP contribution in [0.1, 0.15) is 155 Å². The first-order valence-electron chi connectivity index (χ1n) is 20.4. The van der Waals surface area contributed by atoms with E-state index in [9.17, 15) is 19.0 Å². The van der Waals surface area contributed by atoms with Gasteiger partial charge in [-0.25, -0.2) is 4.57 Å². The van der Waals surface area contributed by atoms with Crippen LogP contribution in [0.5, 0.6) is 0 Å².